The molecule has 0 spiro atoms. The number of aliphatic imine (C=N–C) groups is 1. The summed E-state index contributed by atoms with van der Waals surface area (Å²) in [6, 6.07) is 8.50. The number of likely N-dealkylation sites (tertiary alicyclic amines) is 1. The molecule has 1 aromatic carbocycles. The molecule has 1 atom stereocenters. The molecule has 0 radical (unpaired) electrons. The van der Waals surface area contributed by atoms with E-state index in [1.807, 2.05) is 25.2 Å². The first kappa shape index (κ1) is 19.6. The zero-order valence-corrected chi connectivity index (χ0v) is 17.3. The molecule has 0 aliphatic carbocycles. The number of halogens is 2. The van der Waals surface area contributed by atoms with Crippen molar-refractivity contribution in [3.63, 3.8) is 0 Å². The van der Waals surface area contributed by atoms with Gasteiger partial charge in [0, 0.05) is 50.0 Å². The van der Waals surface area contributed by atoms with Crippen LogP contribution < -0.4 is 15.5 Å². The zero-order valence-electron chi connectivity index (χ0n) is 14.2. The van der Waals surface area contributed by atoms with Crippen LogP contribution in [0.4, 0.5) is 5.69 Å². The van der Waals surface area contributed by atoms with Crippen LogP contribution in [0.15, 0.2) is 29.3 Å². The molecule has 0 amide bonds. The van der Waals surface area contributed by atoms with E-state index in [4.69, 9.17) is 11.6 Å². The van der Waals surface area contributed by atoms with Gasteiger partial charge in [-0.1, -0.05) is 17.7 Å². The SMILES string of the molecule is CN=C(NCCN1CCC1)NC1CCN(c2cccc(Cl)c2)C1.I. The summed E-state index contributed by atoms with van der Waals surface area (Å²) < 4.78 is 0. The average molecular weight is 464 g/mol. The third-order valence-electron chi connectivity index (χ3n) is 4.60. The first-order valence-corrected chi connectivity index (χ1v) is 8.82. The lowest BCUT2D eigenvalue weighted by Crippen LogP contribution is -2.48. The van der Waals surface area contributed by atoms with E-state index in [1.54, 1.807) is 0 Å². The summed E-state index contributed by atoms with van der Waals surface area (Å²) in [4.78, 5) is 9.17. The van der Waals surface area contributed by atoms with Gasteiger partial charge in [-0.2, -0.15) is 0 Å². The fraction of sp³-hybridized carbons (Fsp3) is 0.588. The molecule has 1 aromatic rings. The third kappa shape index (κ3) is 5.39. The summed E-state index contributed by atoms with van der Waals surface area (Å²) in [5.41, 5.74) is 1.20. The standard InChI is InChI=1S/C17H26ClN5.HI/c1-19-17(20-7-11-22-8-3-9-22)21-15-6-10-23(13-15)16-5-2-4-14(18)12-16;/h2,4-5,12,15H,3,6-11,13H2,1H3,(H2,19,20,21);1H. The van der Waals surface area contributed by atoms with E-state index in [9.17, 15) is 0 Å². The van der Waals surface area contributed by atoms with Gasteiger partial charge >= 0.3 is 0 Å². The van der Waals surface area contributed by atoms with Crippen LogP contribution in [0.2, 0.25) is 5.02 Å². The maximum atomic E-state index is 6.09. The normalized spacial score (nSPS) is 21.2. The second-order valence-electron chi connectivity index (χ2n) is 6.25. The molecule has 1 unspecified atom stereocenters. The molecule has 3 rings (SSSR count). The number of hydrogen-bond donors (Lipinski definition) is 2. The van der Waals surface area contributed by atoms with Crippen molar-refractivity contribution >= 4 is 47.2 Å². The lowest BCUT2D eigenvalue weighted by Gasteiger charge is -2.30. The summed E-state index contributed by atoms with van der Waals surface area (Å²) in [5, 5.41) is 7.75. The maximum absolute atomic E-state index is 6.09. The van der Waals surface area contributed by atoms with E-state index in [-0.39, 0.29) is 24.0 Å². The smallest absolute Gasteiger partial charge is 0.191 e. The van der Waals surface area contributed by atoms with Crippen molar-refractivity contribution in [1.29, 1.82) is 0 Å². The number of benzene rings is 1. The topological polar surface area (TPSA) is 42.9 Å². The Bertz CT molecular complexity index is 550. The maximum Gasteiger partial charge on any atom is 0.191 e. The van der Waals surface area contributed by atoms with Gasteiger partial charge in [0.25, 0.3) is 0 Å². The van der Waals surface area contributed by atoms with Crippen LogP contribution in [0.1, 0.15) is 12.8 Å². The summed E-state index contributed by atoms with van der Waals surface area (Å²) in [6.07, 6.45) is 2.45. The number of nitrogens with one attached hydrogen (secondary N) is 2. The van der Waals surface area contributed by atoms with Crippen molar-refractivity contribution in [1.82, 2.24) is 15.5 Å². The Labute approximate surface area is 166 Å². The predicted octanol–water partition coefficient (Wildman–Crippen LogP) is 2.41. The molecular formula is C17H27ClIN5. The Morgan fingerprint density at radius 1 is 1.33 bits per heavy atom. The van der Waals surface area contributed by atoms with E-state index in [0.717, 1.165) is 43.6 Å². The Balaban J connectivity index is 0.00000208. The first-order chi connectivity index (χ1) is 11.2. The van der Waals surface area contributed by atoms with Crippen molar-refractivity contribution < 1.29 is 0 Å². The van der Waals surface area contributed by atoms with Crippen LogP contribution in [0, 0.1) is 0 Å². The second kappa shape index (κ2) is 9.68. The second-order valence-corrected chi connectivity index (χ2v) is 6.69. The molecule has 134 valence electrons. The Hall–Kier alpha value is -0.730. The van der Waals surface area contributed by atoms with Crippen molar-refractivity contribution in [3.05, 3.63) is 29.3 Å². The van der Waals surface area contributed by atoms with E-state index >= 15 is 0 Å². The molecule has 0 bridgehead atoms. The van der Waals surface area contributed by atoms with Gasteiger partial charge in [0.05, 0.1) is 0 Å². The molecule has 5 nitrogen and oxygen atoms in total. The van der Waals surface area contributed by atoms with Crippen LogP contribution >= 0.6 is 35.6 Å². The minimum atomic E-state index is 0. The van der Waals surface area contributed by atoms with E-state index in [2.05, 4.69) is 31.5 Å². The third-order valence-corrected chi connectivity index (χ3v) is 4.83. The quantitative estimate of drug-likeness (QED) is 0.400. The van der Waals surface area contributed by atoms with E-state index in [1.165, 1.54) is 25.2 Å². The van der Waals surface area contributed by atoms with Crippen LogP contribution in [-0.4, -0.2) is 63.2 Å². The van der Waals surface area contributed by atoms with Gasteiger partial charge < -0.3 is 20.4 Å². The molecule has 0 saturated carbocycles. The molecule has 2 saturated heterocycles. The largest absolute Gasteiger partial charge is 0.369 e. The highest BCUT2D eigenvalue weighted by molar-refractivity contribution is 14.0. The van der Waals surface area contributed by atoms with Crippen molar-refractivity contribution in [2.75, 3.05) is 51.2 Å². The average Bonchev–Trinajstić information content (AvgIpc) is 2.97. The Morgan fingerprint density at radius 3 is 2.83 bits per heavy atom. The molecular weight excluding hydrogens is 437 g/mol. The Kier molecular flexibility index (Phi) is 7.90. The van der Waals surface area contributed by atoms with E-state index in [0.29, 0.717) is 6.04 Å². The lowest BCUT2D eigenvalue weighted by atomic mass is 10.2. The molecule has 2 N–H and O–H groups in total. The molecule has 2 fully saturated rings. The number of hydrogen-bond acceptors (Lipinski definition) is 3. The van der Waals surface area contributed by atoms with Crippen molar-refractivity contribution in [2.45, 2.75) is 18.9 Å². The molecule has 2 aliphatic rings. The molecule has 2 aliphatic heterocycles. The summed E-state index contributed by atoms with van der Waals surface area (Å²) >= 11 is 6.09. The van der Waals surface area contributed by atoms with Crippen LogP contribution in [0.3, 0.4) is 0 Å². The van der Waals surface area contributed by atoms with Gasteiger partial charge in [-0.25, -0.2) is 0 Å². The molecule has 24 heavy (non-hydrogen) atoms. The van der Waals surface area contributed by atoms with Gasteiger partial charge in [0.2, 0.25) is 0 Å². The first-order valence-electron chi connectivity index (χ1n) is 8.44. The van der Waals surface area contributed by atoms with E-state index < -0.39 is 0 Å². The van der Waals surface area contributed by atoms with Gasteiger partial charge in [0.1, 0.15) is 0 Å². The number of rotatable bonds is 5. The van der Waals surface area contributed by atoms with Gasteiger partial charge in [0.15, 0.2) is 5.96 Å². The van der Waals surface area contributed by atoms with Crippen LogP contribution in [0.25, 0.3) is 0 Å². The van der Waals surface area contributed by atoms with Crippen molar-refractivity contribution in [2.24, 2.45) is 4.99 Å². The van der Waals surface area contributed by atoms with Gasteiger partial charge in [-0.3, -0.25) is 4.99 Å². The number of guanidine groups is 1. The highest BCUT2D eigenvalue weighted by Gasteiger charge is 2.23. The number of anilines is 1. The van der Waals surface area contributed by atoms with Gasteiger partial charge in [-0.15, -0.1) is 24.0 Å². The summed E-state index contributed by atoms with van der Waals surface area (Å²) in [5.74, 6) is 0.906. The minimum absolute atomic E-state index is 0. The highest BCUT2D eigenvalue weighted by atomic mass is 127. The Morgan fingerprint density at radius 2 is 2.17 bits per heavy atom. The summed E-state index contributed by atoms with van der Waals surface area (Å²) in [6.45, 7) is 6.55. The molecule has 0 aromatic heterocycles. The molecule has 7 heteroatoms. The highest BCUT2D eigenvalue weighted by Crippen LogP contribution is 2.23. The fourth-order valence-corrected chi connectivity index (χ4v) is 3.30. The summed E-state index contributed by atoms with van der Waals surface area (Å²) in [7, 11) is 1.84. The van der Waals surface area contributed by atoms with Crippen LogP contribution in [0.5, 0.6) is 0 Å². The van der Waals surface area contributed by atoms with Crippen LogP contribution in [-0.2, 0) is 0 Å². The number of nitrogens with zero attached hydrogens (tertiary/aromatic N) is 3. The fourth-order valence-electron chi connectivity index (χ4n) is 3.11. The predicted molar refractivity (Wildman–Crippen MR) is 113 cm³/mol. The van der Waals surface area contributed by atoms with Gasteiger partial charge in [-0.05, 0) is 44.1 Å². The van der Waals surface area contributed by atoms with Crippen molar-refractivity contribution in [3.8, 4) is 0 Å². The molecule has 2 heterocycles. The minimum Gasteiger partial charge on any atom is -0.369 e. The zero-order chi connectivity index (χ0) is 16.1. The lowest BCUT2D eigenvalue weighted by molar-refractivity contribution is 0.185. The monoisotopic (exact) mass is 463 g/mol.